The third kappa shape index (κ3) is 2.68. The van der Waals surface area contributed by atoms with E-state index in [2.05, 4.69) is 20.1 Å². The summed E-state index contributed by atoms with van der Waals surface area (Å²) in [4.78, 5) is 25.0. The monoisotopic (exact) mass is 305 g/mol. The van der Waals surface area contributed by atoms with Gasteiger partial charge in [0.2, 0.25) is 5.13 Å². The van der Waals surface area contributed by atoms with Crippen molar-refractivity contribution in [2.75, 3.05) is 5.32 Å². The van der Waals surface area contributed by atoms with Gasteiger partial charge in [-0.05, 0) is 16.3 Å². The van der Waals surface area contributed by atoms with Gasteiger partial charge in [-0.25, -0.2) is 9.59 Å². The molecule has 0 radical (unpaired) electrons. The maximum Gasteiger partial charge on any atom is 0.326 e. The van der Waals surface area contributed by atoms with E-state index in [4.69, 9.17) is 0 Å². The van der Waals surface area contributed by atoms with E-state index in [0.29, 0.717) is 0 Å². The number of carbonyl (C=O) groups excluding carboxylic acids is 1. The minimum absolute atomic E-state index is 0.239. The van der Waals surface area contributed by atoms with Gasteiger partial charge in [-0.2, -0.15) is 0 Å². The molecule has 2 amide bonds. The van der Waals surface area contributed by atoms with Crippen LogP contribution in [-0.2, 0) is 17.8 Å². The molecule has 3 rings (SSSR count). The van der Waals surface area contributed by atoms with Crippen molar-refractivity contribution in [3.8, 4) is 0 Å². The third-order valence-corrected chi connectivity index (χ3v) is 3.82. The lowest BCUT2D eigenvalue weighted by Gasteiger charge is -2.34. The van der Waals surface area contributed by atoms with Gasteiger partial charge in [0, 0.05) is 24.5 Å². The highest BCUT2D eigenvalue weighted by molar-refractivity contribution is 7.09. The maximum absolute atomic E-state index is 12.3. The second-order valence-electron chi connectivity index (χ2n) is 4.55. The standard InChI is InChI=1S/C12H11N5O3S/c18-10(19)9-5-7-3-1-2-4-8(7)6-17(9)12(20)13-11-14-15-16-21-11/h1-4,9H,5-6H2,(H,18,19)(H,13,14,16,20). The highest BCUT2D eigenvalue weighted by Crippen LogP contribution is 2.24. The number of fused-ring (bicyclic) bond motifs is 1. The van der Waals surface area contributed by atoms with Gasteiger partial charge in [0.15, 0.2) is 0 Å². The number of hydrogen-bond acceptors (Lipinski definition) is 6. The molecule has 0 spiro atoms. The van der Waals surface area contributed by atoms with Crippen molar-refractivity contribution in [3.05, 3.63) is 35.4 Å². The molecule has 1 unspecified atom stereocenters. The van der Waals surface area contributed by atoms with Crippen LogP contribution in [0.3, 0.4) is 0 Å². The molecule has 0 aliphatic carbocycles. The van der Waals surface area contributed by atoms with E-state index in [1.54, 1.807) is 0 Å². The normalized spacial score (nSPS) is 17.1. The summed E-state index contributed by atoms with van der Waals surface area (Å²) in [5.41, 5.74) is 1.90. The molecule has 0 fully saturated rings. The number of hydrogen-bond donors (Lipinski definition) is 2. The van der Waals surface area contributed by atoms with Crippen LogP contribution >= 0.6 is 11.5 Å². The maximum atomic E-state index is 12.3. The Morgan fingerprint density at radius 2 is 2.10 bits per heavy atom. The first-order valence-corrected chi connectivity index (χ1v) is 6.94. The van der Waals surface area contributed by atoms with Crippen LogP contribution in [0.5, 0.6) is 0 Å². The molecule has 21 heavy (non-hydrogen) atoms. The van der Waals surface area contributed by atoms with Crippen molar-refractivity contribution < 1.29 is 14.7 Å². The molecule has 2 aromatic rings. The van der Waals surface area contributed by atoms with E-state index in [9.17, 15) is 14.7 Å². The fourth-order valence-corrected chi connectivity index (χ4v) is 2.66. The zero-order valence-electron chi connectivity index (χ0n) is 10.8. The zero-order chi connectivity index (χ0) is 14.8. The van der Waals surface area contributed by atoms with Crippen molar-refractivity contribution >= 4 is 28.7 Å². The number of nitrogens with one attached hydrogen (secondary N) is 1. The molecule has 0 saturated heterocycles. The minimum Gasteiger partial charge on any atom is -0.480 e. The first-order chi connectivity index (χ1) is 10.1. The number of amides is 2. The van der Waals surface area contributed by atoms with Crippen LogP contribution in [0.4, 0.5) is 9.93 Å². The summed E-state index contributed by atoms with van der Waals surface area (Å²) in [6, 6.07) is 6.08. The highest BCUT2D eigenvalue weighted by Gasteiger charge is 2.34. The molecule has 8 nitrogen and oxygen atoms in total. The molecule has 0 bridgehead atoms. The van der Waals surface area contributed by atoms with Crippen LogP contribution in [-0.4, -0.2) is 42.8 Å². The fraction of sp³-hybridized carbons (Fsp3) is 0.250. The lowest BCUT2D eigenvalue weighted by Crippen LogP contribution is -2.50. The molecule has 1 aliphatic rings. The Labute approximate surface area is 123 Å². The van der Waals surface area contributed by atoms with E-state index >= 15 is 0 Å². The van der Waals surface area contributed by atoms with Crippen LogP contribution in [0, 0.1) is 0 Å². The Bertz CT molecular complexity index is 675. The minimum atomic E-state index is -1.03. The van der Waals surface area contributed by atoms with Gasteiger partial charge >= 0.3 is 12.0 Å². The molecular formula is C12H11N5O3S. The largest absolute Gasteiger partial charge is 0.480 e. The predicted octanol–water partition coefficient (Wildman–Crippen LogP) is 0.976. The lowest BCUT2D eigenvalue weighted by atomic mass is 9.94. The van der Waals surface area contributed by atoms with Crippen LogP contribution in [0.15, 0.2) is 24.3 Å². The van der Waals surface area contributed by atoms with E-state index < -0.39 is 18.0 Å². The van der Waals surface area contributed by atoms with E-state index in [1.807, 2.05) is 24.3 Å². The van der Waals surface area contributed by atoms with Gasteiger partial charge in [0.05, 0.1) is 0 Å². The smallest absolute Gasteiger partial charge is 0.326 e. The Kier molecular flexibility index (Phi) is 3.48. The molecule has 9 heteroatoms. The average molecular weight is 305 g/mol. The molecule has 1 aliphatic heterocycles. The number of nitrogens with zero attached hydrogens (tertiary/aromatic N) is 4. The predicted molar refractivity (Wildman–Crippen MR) is 73.8 cm³/mol. The first-order valence-electron chi connectivity index (χ1n) is 6.17. The van der Waals surface area contributed by atoms with Crippen LogP contribution in [0.1, 0.15) is 11.1 Å². The van der Waals surface area contributed by atoms with Crippen LogP contribution < -0.4 is 5.32 Å². The molecular weight excluding hydrogens is 294 g/mol. The van der Waals surface area contributed by atoms with Gasteiger partial charge in [-0.15, -0.1) is 0 Å². The third-order valence-electron chi connectivity index (χ3n) is 3.31. The second-order valence-corrected chi connectivity index (χ2v) is 5.29. The summed E-state index contributed by atoms with van der Waals surface area (Å²) in [6.45, 7) is 0.241. The Hall–Kier alpha value is -2.55. The van der Waals surface area contributed by atoms with E-state index in [0.717, 1.165) is 22.7 Å². The topological polar surface area (TPSA) is 108 Å². The SMILES string of the molecule is O=C(O)C1Cc2ccccc2CN1C(=O)Nc1nnns1. The van der Waals surface area contributed by atoms with Crippen LogP contribution in [0.25, 0.3) is 0 Å². The summed E-state index contributed by atoms with van der Waals surface area (Å²) >= 11 is 0.932. The zero-order valence-corrected chi connectivity index (χ0v) is 11.6. The highest BCUT2D eigenvalue weighted by atomic mass is 32.1. The lowest BCUT2D eigenvalue weighted by molar-refractivity contribution is -0.142. The van der Waals surface area contributed by atoms with Crippen LogP contribution in [0.2, 0.25) is 0 Å². The number of aliphatic carboxylic acids is 1. The van der Waals surface area contributed by atoms with Gasteiger partial charge in [0.1, 0.15) is 6.04 Å². The Balaban J connectivity index is 1.85. The molecule has 1 aromatic carbocycles. The van der Waals surface area contributed by atoms with Gasteiger partial charge in [-0.3, -0.25) is 5.32 Å². The molecule has 2 heterocycles. The number of urea groups is 1. The molecule has 1 aromatic heterocycles. The summed E-state index contributed by atoms with van der Waals surface area (Å²) < 4.78 is 3.54. The number of rotatable bonds is 2. The van der Waals surface area contributed by atoms with Crippen molar-refractivity contribution in [2.24, 2.45) is 0 Å². The number of carboxylic acids is 1. The van der Waals surface area contributed by atoms with Gasteiger partial charge in [0.25, 0.3) is 0 Å². The number of carbonyl (C=O) groups is 2. The van der Waals surface area contributed by atoms with Crippen molar-refractivity contribution in [1.29, 1.82) is 0 Å². The van der Waals surface area contributed by atoms with Crippen molar-refractivity contribution in [2.45, 2.75) is 19.0 Å². The molecule has 0 saturated carbocycles. The average Bonchev–Trinajstić information content (AvgIpc) is 2.98. The summed E-state index contributed by atoms with van der Waals surface area (Å²) in [7, 11) is 0. The number of anilines is 1. The van der Waals surface area contributed by atoms with Gasteiger partial charge in [-0.1, -0.05) is 33.9 Å². The quantitative estimate of drug-likeness (QED) is 0.856. The fourth-order valence-electron chi connectivity index (χ4n) is 2.30. The summed E-state index contributed by atoms with van der Waals surface area (Å²) in [6.07, 6.45) is 0.285. The second kappa shape index (κ2) is 5.44. The summed E-state index contributed by atoms with van der Waals surface area (Å²) in [5, 5.41) is 19.1. The first kappa shape index (κ1) is 13.4. The summed E-state index contributed by atoms with van der Waals surface area (Å²) in [5.74, 6) is -1.03. The Morgan fingerprint density at radius 3 is 2.76 bits per heavy atom. The molecule has 108 valence electrons. The Morgan fingerprint density at radius 1 is 1.33 bits per heavy atom. The number of benzene rings is 1. The van der Waals surface area contributed by atoms with E-state index in [1.165, 1.54) is 4.90 Å². The van der Waals surface area contributed by atoms with Crippen molar-refractivity contribution in [3.63, 3.8) is 0 Å². The molecule has 1 atom stereocenters. The number of aromatic nitrogens is 3. The van der Waals surface area contributed by atoms with Gasteiger partial charge < -0.3 is 10.0 Å². The van der Waals surface area contributed by atoms with Crippen molar-refractivity contribution in [1.82, 2.24) is 19.7 Å². The number of carboxylic acid groups (broad SMARTS) is 1. The molecule has 2 N–H and O–H groups in total. The van der Waals surface area contributed by atoms with E-state index in [-0.39, 0.29) is 18.1 Å².